The molecule has 0 spiro atoms. The summed E-state index contributed by atoms with van der Waals surface area (Å²) in [5.74, 6) is 2.61. The Morgan fingerprint density at radius 1 is 1.33 bits per heavy atom. The Morgan fingerprint density at radius 2 is 1.87 bits per heavy atom. The highest BCUT2D eigenvalue weighted by molar-refractivity contribution is 5.76. The summed E-state index contributed by atoms with van der Waals surface area (Å²) in [6.07, 6.45) is 1.78. The molecule has 2 rings (SSSR count). The van der Waals surface area contributed by atoms with E-state index in [1.54, 1.807) is 0 Å². The van der Waals surface area contributed by atoms with Crippen molar-refractivity contribution < 1.29 is 4.79 Å². The van der Waals surface area contributed by atoms with Gasteiger partial charge >= 0.3 is 0 Å². The molecular weight excluding hydrogens is 186 g/mol. The summed E-state index contributed by atoms with van der Waals surface area (Å²) in [4.78, 5) is 13.9. The number of carbonyl (C=O) groups is 1. The summed E-state index contributed by atoms with van der Waals surface area (Å²) in [5, 5.41) is 0. The highest BCUT2D eigenvalue weighted by atomic mass is 16.2. The molecule has 1 aliphatic heterocycles. The summed E-state index contributed by atoms with van der Waals surface area (Å²) in [7, 11) is 0. The van der Waals surface area contributed by atoms with Crippen LogP contribution in [0.3, 0.4) is 0 Å². The second-order valence-corrected chi connectivity index (χ2v) is 6.27. The van der Waals surface area contributed by atoms with Gasteiger partial charge in [-0.1, -0.05) is 27.7 Å². The molecule has 1 unspecified atom stereocenters. The van der Waals surface area contributed by atoms with Crippen LogP contribution in [0.4, 0.5) is 0 Å². The number of nitrogens with zero attached hydrogens (tertiary/aromatic N) is 1. The quantitative estimate of drug-likeness (QED) is 0.699. The fraction of sp³-hybridized carbons (Fsp3) is 0.923. The standard InChI is InChI=1S/C13H23NO/c1-9(2)5-6-12(15)14-7-10-11(8-14)13(10,3)4/h9-11H,5-8H2,1-4H3/t10-,11?/m0/s1. The lowest BCUT2D eigenvalue weighted by Gasteiger charge is -2.22. The minimum Gasteiger partial charge on any atom is -0.342 e. The first-order chi connectivity index (χ1) is 6.93. The number of rotatable bonds is 3. The van der Waals surface area contributed by atoms with Crippen molar-refractivity contribution in [2.24, 2.45) is 23.2 Å². The Kier molecular flexibility index (Phi) is 2.56. The molecule has 1 aliphatic carbocycles. The Hall–Kier alpha value is -0.530. The van der Waals surface area contributed by atoms with Gasteiger partial charge in [0, 0.05) is 19.5 Å². The van der Waals surface area contributed by atoms with E-state index in [9.17, 15) is 4.79 Å². The van der Waals surface area contributed by atoms with E-state index in [0.29, 0.717) is 17.2 Å². The molecule has 2 nitrogen and oxygen atoms in total. The minimum absolute atomic E-state index is 0.381. The second kappa shape index (κ2) is 3.50. The normalized spacial score (nSPS) is 31.9. The van der Waals surface area contributed by atoms with Crippen molar-refractivity contribution in [1.82, 2.24) is 4.90 Å². The minimum atomic E-state index is 0.381. The maximum absolute atomic E-state index is 11.9. The zero-order valence-corrected chi connectivity index (χ0v) is 10.4. The summed E-state index contributed by atoms with van der Waals surface area (Å²) < 4.78 is 0. The highest BCUT2D eigenvalue weighted by Crippen LogP contribution is 2.61. The van der Waals surface area contributed by atoms with Crippen LogP contribution in [0.1, 0.15) is 40.5 Å². The monoisotopic (exact) mass is 209 g/mol. The number of carbonyl (C=O) groups excluding carboxylic acids is 1. The van der Waals surface area contributed by atoms with Gasteiger partial charge in [0.2, 0.25) is 5.91 Å². The number of piperidine rings is 1. The molecule has 0 aromatic carbocycles. The Morgan fingerprint density at radius 3 is 2.33 bits per heavy atom. The number of likely N-dealkylation sites (tertiary alicyclic amines) is 1. The molecular formula is C13H23NO. The Balaban J connectivity index is 1.77. The summed E-state index contributed by atoms with van der Waals surface area (Å²) >= 11 is 0. The highest BCUT2D eigenvalue weighted by Gasteiger charge is 2.62. The van der Waals surface area contributed by atoms with Crippen molar-refractivity contribution in [3.63, 3.8) is 0 Å². The van der Waals surface area contributed by atoms with Gasteiger partial charge < -0.3 is 4.90 Å². The summed E-state index contributed by atoms with van der Waals surface area (Å²) in [5.41, 5.74) is 0.523. The van der Waals surface area contributed by atoms with E-state index in [-0.39, 0.29) is 0 Å². The average molecular weight is 209 g/mol. The van der Waals surface area contributed by atoms with Crippen LogP contribution in [-0.2, 0) is 4.79 Å². The van der Waals surface area contributed by atoms with Gasteiger partial charge in [-0.25, -0.2) is 0 Å². The first kappa shape index (κ1) is 11.0. The molecule has 0 aromatic heterocycles. The van der Waals surface area contributed by atoms with Gasteiger partial charge in [0.25, 0.3) is 0 Å². The molecule has 1 amide bonds. The number of amides is 1. The van der Waals surface area contributed by atoms with Crippen molar-refractivity contribution in [3.05, 3.63) is 0 Å². The van der Waals surface area contributed by atoms with E-state index in [1.807, 2.05) is 0 Å². The smallest absolute Gasteiger partial charge is 0.222 e. The van der Waals surface area contributed by atoms with Crippen LogP contribution in [0, 0.1) is 23.2 Å². The van der Waals surface area contributed by atoms with Crippen LogP contribution in [0.2, 0.25) is 0 Å². The molecule has 86 valence electrons. The predicted octanol–water partition coefficient (Wildman–Crippen LogP) is 2.54. The van der Waals surface area contributed by atoms with Gasteiger partial charge in [-0.05, 0) is 29.6 Å². The second-order valence-electron chi connectivity index (χ2n) is 6.27. The van der Waals surface area contributed by atoms with Crippen molar-refractivity contribution in [3.8, 4) is 0 Å². The molecule has 0 radical (unpaired) electrons. The third kappa shape index (κ3) is 1.91. The van der Waals surface area contributed by atoms with Crippen LogP contribution in [0.5, 0.6) is 0 Å². The van der Waals surface area contributed by atoms with Crippen LogP contribution in [0.25, 0.3) is 0 Å². The van der Waals surface area contributed by atoms with Gasteiger partial charge in [0.1, 0.15) is 0 Å². The maximum atomic E-state index is 11.9. The van der Waals surface area contributed by atoms with E-state index in [2.05, 4.69) is 32.6 Å². The molecule has 2 atom stereocenters. The largest absolute Gasteiger partial charge is 0.342 e. The van der Waals surface area contributed by atoms with Crippen LogP contribution in [-0.4, -0.2) is 23.9 Å². The molecule has 2 aliphatic rings. The molecule has 0 aromatic rings. The molecule has 2 fully saturated rings. The molecule has 0 bridgehead atoms. The van der Waals surface area contributed by atoms with Gasteiger partial charge in [0.05, 0.1) is 0 Å². The maximum Gasteiger partial charge on any atom is 0.222 e. The number of hydrogen-bond donors (Lipinski definition) is 0. The number of hydrogen-bond acceptors (Lipinski definition) is 1. The third-order valence-electron chi connectivity index (χ3n) is 4.41. The molecule has 15 heavy (non-hydrogen) atoms. The van der Waals surface area contributed by atoms with Gasteiger partial charge in [-0.2, -0.15) is 0 Å². The summed E-state index contributed by atoms with van der Waals surface area (Å²) in [6, 6.07) is 0. The summed E-state index contributed by atoms with van der Waals surface area (Å²) in [6.45, 7) is 11.1. The van der Waals surface area contributed by atoms with Gasteiger partial charge in [0.15, 0.2) is 0 Å². The SMILES string of the molecule is CC(C)CCC(=O)N1CC2[C@H](C1)C2(C)C. The zero-order valence-electron chi connectivity index (χ0n) is 10.4. The Bertz CT molecular complexity index is 256. The zero-order chi connectivity index (χ0) is 11.2. The van der Waals surface area contributed by atoms with E-state index >= 15 is 0 Å². The van der Waals surface area contributed by atoms with Crippen LogP contribution in [0.15, 0.2) is 0 Å². The van der Waals surface area contributed by atoms with Crippen LogP contribution >= 0.6 is 0 Å². The Labute approximate surface area is 93.0 Å². The predicted molar refractivity (Wildman–Crippen MR) is 61.4 cm³/mol. The lowest BCUT2D eigenvalue weighted by molar-refractivity contribution is -0.131. The molecule has 1 saturated carbocycles. The van der Waals surface area contributed by atoms with Crippen molar-refractivity contribution in [2.45, 2.75) is 40.5 Å². The third-order valence-corrected chi connectivity index (χ3v) is 4.41. The fourth-order valence-electron chi connectivity index (χ4n) is 2.91. The topological polar surface area (TPSA) is 20.3 Å². The molecule has 0 N–H and O–H groups in total. The van der Waals surface area contributed by atoms with E-state index < -0.39 is 0 Å². The van der Waals surface area contributed by atoms with Crippen molar-refractivity contribution in [1.29, 1.82) is 0 Å². The van der Waals surface area contributed by atoms with Crippen molar-refractivity contribution in [2.75, 3.05) is 13.1 Å². The van der Waals surface area contributed by atoms with E-state index in [0.717, 1.165) is 37.8 Å². The average Bonchev–Trinajstić information content (AvgIpc) is 2.55. The first-order valence-corrected chi connectivity index (χ1v) is 6.20. The molecule has 1 saturated heterocycles. The number of fused-ring (bicyclic) bond motifs is 1. The van der Waals surface area contributed by atoms with Crippen molar-refractivity contribution >= 4 is 5.91 Å². The van der Waals surface area contributed by atoms with Gasteiger partial charge in [-0.15, -0.1) is 0 Å². The lowest BCUT2D eigenvalue weighted by Crippen LogP contribution is -2.32. The lowest BCUT2D eigenvalue weighted by atomic mass is 10.0. The van der Waals surface area contributed by atoms with Crippen LogP contribution < -0.4 is 0 Å². The van der Waals surface area contributed by atoms with Gasteiger partial charge in [-0.3, -0.25) is 4.79 Å². The van der Waals surface area contributed by atoms with E-state index in [1.165, 1.54) is 0 Å². The first-order valence-electron chi connectivity index (χ1n) is 6.20. The van der Waals surface area contributed by atoms with E-state index in [4.69, 9.17) is 0 Å². The molecule has 2 heteroatoms. The fourth-order valence-corrected chi connectivity index (χ4v) is 2.91. The molecule has 1 heterocycles.